The third kappa shape index (κ3) is 3.30. The van der Waals surface area contributed by atoms with Gasteiger partial charge in [0, 0.05) is 26.2 Å². The minimum absolute atomic E-state index is 0.0779. The zero-order chi connectivity index (χ0) is 19.7. The Morgan fingerprint density at radius 3 is 2.63 bits per heavy atom. The van der Waals surface area contributed by atoms with E-state index in [2.05, 4.69) is 4.98 Å². The van der Waals surface area contributed by atoms with Crippen LogP contribution in [0.25, 0.3) is 11.2 Å². The first-order chi connectivity index (χ1) is 12.9. The van der Waals surface area contributed by atoms with Gasteiger partial charge in [0.25, 0.3) is 5.56 Å². The molecule has 2 aromatic heterocycles. The van der Waals surface area contributed by atoms with Crippen molar-refractivity contribution in [3.8, 4) is 5.75 Å². The van der Waals surface area contributed by atoms with Gasteiger partial charge >= 0.3 is 5.69 Å². The molecule has 9 heteroatoms. The second-order valence-electron chi connectivity index (χ2n) is 5.96. The highest BCUT2D eigenvalue weighted by Crippen LogP contribution is 2.22. The topological polar surface area (TPSA) is 88.1 Å². The second kappa shape index (κ2) is 7.43. The van der Waals surface area contributed by atoms with Crippen molar-refractivity contribution >= 4 is 28.7 Å². The van der Waals surface area contributed by atoms with Crippen molar-refractivity contribution in [2.75, 3.05) is 12.9 Å². The molecule has 3 aromatic rings. The van der Waals surface area contributed by atoms with E-state index < -0.39 is 5.69 Å². The zero-order valence-corrected chi connectivity index (χ0v) is 16.4. The number of fused-ring (bicyclic) bond motifs is 1. The van der Waals surface area contributed by atoms with Crippen LogP contribution in [0.2, 0.25) is 0 Å². The van der Waals surface area contributed by atoms with Crippen molar-refractivity contribution in [3.63, 3.8) is 0 Å². The Balaban J connectivity index is 1.94. The standard InChI is InChI=1S/C18H20N4O4S/c1-5-22-16(24)14-15(21(3)18(22)25)19-17(20(14)2)27-10-13(23)11-7-6-8-12(9-11)26-4/h6-9H,5,10H2,1-4H3. The average molecular weight is 388 g/mol. The highest BCUT2D eigenvalue weighted by Gasteiger charge is 2.19. The Bertz CT molecular complexity index is 1140. The number of methoxy groups -OCH3 is 1. The minimum atomic E-state index is -0.405. The number of rotatable bonds is 6. The smallest absolute Gasteiger partial charge is 0.332 e. The van der Waals surface area contributed by atoms with Crippen LogP contribution in [0.1, 0.15) is 17.3 Å². The van der Waals surface area contributed by atoms with Gasteiger partial charge < -0.3 is 9.30 Å². The quantitative estimate of drug-likeness (QED) is 0.469. The van der Waals surface area contributed by atoms with E-state index in [1.807, 2.05) is 0 Å². The number of thioether (sulfide) groups is 1. The van der Waals surface area contributed by atoms with Gasteiger partial charge in [-0.25, -0.2) is 9.78 Å². The molecule has 0 saturated heterocycles. The predicted molar refractivity (Wildman–Crippen MR) is 104 cm³/mol. The fourth-order valence-electron chi connectivity index (χ4n) is 2.84. The zero-order valence-electron chi connectivity index (χ0n) is 15.6. The summed E-state index contributed by atoms with van der Waals surface area (Å²) in [5, 5.41) is 0.502. The van der Waals surface area contributed by atoms with E-state index in [0.717, 1.165) is 0 Å². The van der Waals surface area contributed by atoms with Crippen molar-refractivity contribution < 1.29 is 9.53 Å². The lowest BCUT2D eigenvalue weighted by Crippen LogP contribution is -2.39. The van der Waals surface area contributed by atoms with Crippen LogP contribution >= 0.6 is 11.8 Å². The Morgan fingerprint density at radius 1 is 1.22 bits per heavy atom. The minimum Gasteiger partial charge on any atom is -0.497 e. The Hall–Kier alpha value is -2.81. The average Bonchev–Trinajstić information content (AvgIpc) is 3.01. The number of hydrogen-bond donors (Lipinski definition) is 0. The van der Waals surface area contributed by atoms with E-state index in [4.69, 9.17) is 4.74 Å². The van der Waals surface area contributed by atoms with E-state index >= 15 is 0 Å². The van der Waals surface area contributed by atoms with Crippen molar-refractivity contribution in [2.45, 2.75) is 18.6 Å². The number of ketones is 1. The molecule has 0 saturated carbocycles. The van der Waals surface area contributed by atoms with Crippen molar-refractivity contribution in [3.05, 3.63) is 50.7 Å². The van der Waals surface area contributed by atoms with Gasteiger partial charge in [0.1, 0.15) is 5.75 Å². The molecule has 1 aromatic carbocycles. The summed E-state index contributed by atoms with van der Waals surface area (Å²) in [5.74, 6) is 0.690. The number of benzene rings is 1. The molecule has 0 radical (unpaired) electrons. The van der Waals surface area contributed by atoms with Crippen LogP contribution in [-0.2, 0) is 20.6 Å². The first-order valence-electron chi connectivity index (χ1n) is 8.35. The molecule has 27 heavy (non-hydrogen) atoms. The van der Waals surface area contributed by atoms with E-state index in [0.29, 0.717) is 27.6 Å². The number of hydrogen-bond acceptors (Lipinski definition) is 6. The number of aryl methyl sites for hydroxylation is 2. The highest BCUT2D eigenvalue weighted by molar-refractivity contribution is 7.99. The molecule has 8 nitrogen and oxygen atoms in total. The lowest BCUT2D eigenvalue weighted by Gasteiger charge is -2.06. The third-order valence-electron chi connectivity index (χ3n) is 4.36. The van der Waals surface area contributed by atoms with E-state index in [9.17, 15) is 14.4 Å². The van der Waals surface area contributed by atoms with E-state index in [1.54, 1.807) is 57.0 Å². The maximum atomic E-state index is 12.6. The molecular weight excluding hydrogens is 368 g/mol. The predicted octanol–water partition coefficient (Wildman–Crippen LogP) is 1.44. The Morgan fingerprint density at radius 2 is 1.96 bits per heavy atom. The molecule has 2 heterocycles. The van der Waals surface area contributed by atoms with E-state index in [1.165, 1.54) is 20.9 Å². The lowest BCUT2D eigenvalue weighted by atomic mass is 10.1. The molecule has 0 aliphatic rings. The molecule has 0 unspecified atom stereocenters. The molecule has 0 bridgehead atoms. The van der Waals surface area contributed by atoms with Crippen LogP contribution in [0.15, 0.2) is 39.0 Å². The van der Waals surface area contributed by atoms with Gasteiger partial charge in [-0.2, -0.15) is 0 Å². The summed E-state index contributed by atoms with van der Waals surface area (Å²) in [4.78, 5) is 41.7. The van der Waals surface area contributed by atoms with Crippen LogP contribution in [0.4, 0.5) is 0 Å². The molecule has 0 atom stereocenters. The van der Waals surface area contributed by atoms with E-state index in [-0.39, 0.29) is 23.6 Å². The molecule has 0 aliphatic heterocycles. The number of carbonyl (C=O) groups excluding carboxylic acids is 1. The number of ether oxygens (including phenoxy) is 1. The van der Waals surface area contributed by atoms with Gasteiger partial charge in [0.15, 0.2) is 22.1 Å². The first kappa shape index (κ1) is 19.0. The van der Waals surface area contributed by atoms with Crippen LogP contribution < -0.4 is 16.0 Å². The molecular formula is C18H20N4O4S. The van der Waals surface area contributed by atoms with Crippen LogP contribution in [0.3, 0.4) is 0 Å². The molecule has 0 N–H and O–H groups in total. The fraction of sp³-hybridized carbons (Fsp3) is 0.333. The molecule has 0 aliphatic carbocycles. The van der Waals surface area contributed by atoms with Crippen molar-refractivity contribution in [1.82, 2.24) is 18.7 Å². The monoisotopic (exact) mass is 388 g/mol. The maximum Gasteiger partial charge on any atom is 0.332 e. The highest BCUT2D eigenvalue weighted by atomic mass is 32.2. The molecule has 3 rings (SSSR count). The molecule has 0 spiro atoms. The van der Waals surface area contributed by atoms with Gasteiger partial charge in [-0.15, -0.1) is 0 Å². The van der Waals surface area contributed by atoms with Gasteiger partial charge in [-0.1, -0.05) is 23.9 Å². The summed E-state index contributed by atoms with van der Waals surface area (Å²) < 4.78 is 9.29. The number of carbonyl (C=O) groups is 1. The van der Waals surface area contributed by atoms with Gasteiger partial charge in [-0.05, 0) is 19.1 Å². The largest absolute Gasteiger partial charge is 0.497 e. The number of nitrogens with zero attached hydrogens (tertiary/aromatic N) is 4. The van der Waals surface area contributed by atoms with Crippen LogP contribution in [0, 0.1) is 0 Å². The van der Waals surface area contributed by atoms with Crippen molar-refractivity contribution in [2.24, 2.45) is 14.1 Å². The number of Topliss-reactive ketones (excluding diaryl/α,β-unsaturated/α-hetero) is 1. The number of imidazole rings is 1. The Labute approximate surface area is 159 Å². The summed E-state index contributed by atoms with van der Waals surface area (Å²) in [6.07, 6.45) is 0. The molecule has 0 fully saturated rings. The van der Waals surface area contributed by atoms with Crippen LogP contribution in [-0.4, -0.2) is 37.3 Å². The molecule has 142 valence electrons. The van der Waals surface area contributed by atoms with Crippen LogP contribution in [0.5, 0.6) is 5.75 Å². The first-order valence-corrected chi connectivity index (χ1v) is 9.33. The van der Waals surface area contributed by atoms with Gasteiger partial charge in [0.05, 0.1) is 12.9 Å². The lowest BCUT2D eigenvalue weighted by molar-refractivity contribution is 0.102. The normalized spacial score (nSPS) is 11.1. The van der Waals surface area contributed by atoms with Gasteiger partial charge in [-0.3, -0.25) is 18.7 Å². The summed E-state index contributed by atoms with van der Waals surface area (Å²) in [5.41, 5.74) is 0.416. The second-order valence-corrected chi connectivity index (χ2v) is 6.90. The summed E-state index contributed by atoms with van der Waals surface area (Å²) in [6, 6.07) is 6.94. The third-order valence-corrected chi connectivity index (χ3v) is 5.39. The summed E-state index contributed by atoms with van der Waals surface area (Å²) in [7, 11) is 4.84. The summed E-state index contributed by atoms with van der Waals surface area (Å²) >= 11 is 1.22. The molecule has 0 amide bonds. The summed E-state index contributed by atoms with van der Waals surface area (Å²) in [6.45, 7) is 2.02. The Kier molecular flexibility index (Phi) is 5.22. The number of aromatic nitrogens is 4. The SMILES string of the molecule is CCn1c(=O)c2c(nc(SCC(=O)c3cccc(OC)c3)n2C)n(C)c1=O. The van der Waals surface area contributed by atoms with Gasteiger partial charge in [0.2, 0.25) is 0 Å². The fourth-order valence-corrected chi connectivity index (χ4v) is 3.70. The van der Waals surface area contributed by atoms with Crippen molar-refractivity contribution in [1.29, 1.82) is 0 Å². The maximum absolute atomic E-state index is 12.6.